The maximum Gasteiger partial charge on any atom is 0.177 e. The summed E-state index contributed by atoms with van der Waals surface area (Å²) in [5.74, 6) is 0.455. The van der Waals surface area contributed by atoms with Crippen LogP contribution in [0, 0.1) is 6.07 Å². The molecule has 0 aliphatic carbocycles. The Labute approximate surface area is 90.8 Å². The number of hydrogen-bond donors (Lipinski definition) is 0. The van der Waals surface area contributed by atoms with Crippen LogP contribution in [-0.4, -0.2) is 9.94 Å². The highest BCUT2D eigenvalue weighted by molar-refractivity contribution is 6.42. The van der Waals surface area contributed by atoms with Crippen molar-refractivity contribution in [2.45, 2.75) is 0 Å². The first-order chi connectivity index (χ1) is 6.77. The summed E-state index contributed by atoms with van der Waals surface area (Å²) >= 11 is 11.7. The SMILES string of the molecule is Clc1cccc(On2c[c]cn2)c1Cl. The zero-order valence-electron chi connectivity index (χ0n) is 6.95. The second kappa shape index (κ2) is 3.90. The van der Waals surface area contributed by atoms with Gasteiger partial charge in [-0.1, -0.05) is 34.1 Å². The van der Waals surface area contributed by atoms with Gasteiger partial charge in [0.1, 0.15) is 5.02 Å². The van der Waals surface area contributed by atoms with Crippen molar-refractivity contribution in [2.75, 3.05) is 0 Å². The maximum atomic E-state index is 5.90. The predicted octanol–water partition coefficient (Wildman–Crippen LogP) is 2.83. The van der Waals surface area contributed by atoms with Gasteiger partial charge in [-0.3, -0.25) is 0 Å². The van der Waals surface area contributed by atoms with Gasteiger partial charge in [-0.05, 0) is 12.1 Å². The zero-order chi connectivity index (χ0) is 9.97. The third-order valence-electron chi connectivity index (χ3n) is 1.54. The highest BCUT2D eigenvalue weighted by atomic mass is 35.5. The standard InChI is InChI=1S/C9H5Cl2N2O/c10-7-3-1-4-8(9(7)11)14-13-6-2-5-12-13/h1,3-6H. The highest BCUT2D eigenvalue weighted by Crippen LogP contribution is 2.31. The van der Waals surface area contributed by atoms with E-state index in [1.807, 2.05) is 0 Å². The molecule has 14 heavy (non-hydrogen) atoms. The van der Waals surface area contributed by atoms with Crippen LogP contribution in [0.4, 0.5) is 0 Å². The van der Waals surface area contributed by atoms with Crippen LogP contribution in [0.15, 0.2) is 30.6 Å². The van der Waals surface area contributed by atoms with Crippen molar-refractivity contribution in [3.63, 3.8) is 0 Å². The highest BCUT2D eigenvalue weighted by Gasteiger charge is 2.06. The van der Waals surface area contributed by atoms with Crippen LogP contribution in [0.3, 0.4) is 0 Å². The number of nitrogens with zero attached hydrogens (tertiary/aromatic N) is 2. The van der Waals surface area contributed by atoms with E-state index < -0.39 is 0 Å². The molecule has 3 nitrogen and oxygen atoms in total. The Hall–Kier alpha value is -1.19. The van der Waals surface area contributed by atoms with Gasteiger partial charge in [0, 0.05) is 6.07 Å². The first-order valence-corrected chi connectivity index (χ1v) is 4.56. The summed E-state index contributed by atoms with van der Waals surface area (Å²) in [5.41, 5.74) is 0. The van der Waals surface area contributed by atoms with Gasteiger partial charge in [-0.25, -0.2) is 0 Å². The average Bonchev–Trinajstić information content (AvgIpc) is 2.66. The Bertz CT molecular complexity index is 428. The fourth-order valence-corrected chi connectivity index (χ4v) is 1.25. The molecule has 1 aromatic carbocycles. The number of aromatic nitrogens is 2. The number of hydrogen-bond acceptors (Lipinski definition) is 2. The zero-order valence-corrected chi connectivity index (χ0v) is 8.46. The Kier molecular flexibility index (Phi) is 2.61. The fourth-order valence-electron chi connectivity index (χ4n) is 0.926. The van der Waals surface area contributed by atoms with Crippen molar-refractivity contribution in [2.24, 2.45) is 0 Å². The van der Waals surface area contributed by atoms with Gasteiger partial charge in [0.2, 0.25) is 0 Å². The van der Waals surface area contributed by atoms with Crippen LogP contribution in [0.1, 0.15) is 0 Å². The van der Waals surface area contributed by atoms with E-state index in [1.54, 1.807) is 18.2 Å². The van der Waals surface area contributed by atoms with E-state index in [0.29, 0.717) is 15.8 Å². The molecule has 0 atom stereocenters. The summed E-state index contributed by atoms with van der Waals surface area (Å²) in [4.78, 5) is 6.54. The third kappa shape index (κ3) is 1.84. The normalized spacial score (nSPS) is 10.1. The molecule has 1 aromatic heterocycles. The van der Waals surface area contributed by atoms with Gasteiger partial charge < -0.3 is 4.84 Å². The van der Waals surface area contributed by atoms with Crippen molar-refractivity contribution in [3.8, 4) is 5.75 Å². The van der Waals surface area contributed by atoms with Crippen LogP contribution >= 0.6 is 23.2 Å². The lowest BCUT2D eigenvalue weighted by Crippen LogP contribution is -2.05. The molecule has 2 rings (SSSR count). The molecular formula is C9H5Cl2N2O. The van der Waals surface area contributed by atoms with Gasteiger partial charge in [-0.2, -0.15) is 0 Å². The van der Waals surface area contributed by atoms with E-state index >= 15 is 0 Å². The Morgan fingerprint density at radius 1 is 1.36 bits per heavy atom. The van der Waals surface area contributed by atoms with Crippen LogP contribution in [0.25, 0.3) is 0 Å². The van der Waals surface area contributed by atoms with E-state index in [-0.39, 0.29) is 0 Å². The summed E-state index contributed by atoms with van der Waals surface area (Å²) in [7, 11) is 0. The molecule has 5 heteroatoms. The second-order valence-corrected chi connectivity index (χ2v) is 3.27. The lowest BCUT2D eigenvalue weighted by molar-refractivity contribution is 0.179. The van der Waals surface area contributed by atoms with Crippen molar-refractivity contribution < 1.29 is 4.84 Å². The maximum absolute atomic E-state index is 5.90. The quantitative estimate of drug-likeness (QED) is 0.790. The van der Waals surface area contributed by atoms with E-state index in [1.165, 1.54) is 17.2 Å². The largest absolute Gasteiger partial charge is 0.356 e. The monoisotopic (exact) mass is 227 g/mol. The fraction of sp³-hybridized carbons (Fsp3) is 0. The van der Waals surface area contributed by atoms with Crippen molar-refractivity contribution >= 4 is 23.2 Å². The third-order valence-corrected chi connectivity index (χ3v) is 2.34. The van der Waals surface area contributed by atoms with Crippen LogP contribution < -0.4 is 4.84 Å². The average molecular weight is 228 g/mol. The minimum absolute atomic E-state index is 0.365. The summed E-state index contributed by atoms with van der Waals surface area (Å²) in [5, 5.41) is 4.63. The molecule has 0 saturated heterocycles. The molecule has 0 bridgehead atoms. The molecule has 71 valence electrons. The van der Waals surface area contributed by atoms with Gasteiger partial charge in [0.15, 0.2) is 5.75 Å². The second-order valence-electron chi connectivity index (χ2n) is 2.49. The lowest BCUT2D eigenvalue weighted by atomic mass is 10.3. The summed E-state index contributed by atoms with van der Waals surface area (Å²) in [6, 6.07) is 7.87. The van der Waals surface area contributed by atoms with E-state index in [9.17, 15) is 0 Å². The van der Waals surface area contributed by atoms with Crippen LogP contribution in [-0.2, 0) is 0 Å². The number of rotatable bonds is 2. The Morgan fingerprint density at radius 2 is 2.21 bits per heavy atom. The van der Waals surface area contributed by atoms with Crippen LogP contribution in [0.5, 0.6) is 5.75 Å². The first kappa shape index (κ1) is 9.37. The number of halogens is 2. The molecule has 0 aliphatic heterocycles. The Balaban J connectivity index is 2.29. The molecule has 0 amide bonds. The molecule has 0 N–H and O–H groups in total. The topological polar surface area (TPSA) is 27.1 Å². The molecule has 1 radical (unpaired) electrons. The Morgan fingerprint density at radius 3 is 2.93 bits per heavy atom. The summed E-state index contributed by atoms with van der Waals surface area (Å²) in [6.07, 6.45) is 3.02. The van der Waals surface area contributed by atoms with Gasteiger partial charge in [-0.15, -0.1) is 5.10 Å². The minimum Gasteiger partial charge on any atom is -0.356 e. The van der Waals surface area contributed by atoms with Crippen LogP contribution in [0.2, 0.25) is 10.0 Å². The molecule has 0 saturated carbocycles. The molecule has 2 aromatic rings. The molecule has 0 unspecified atom stereocenters. The van der Waals surface area contributed by atoms with Gasteiger partial charge in [0.05, 0.1) is 17.4 Å². The van der Waals surface area contributed by atoms with Crippen molar-refractivity contribution in [3.05, 3.63) is 46.7 Å². The molecule has 1 heterocycles. The van der Waals surface area contributed by atoms with Crippen molar-refractivity contribution in [1.82, 2.24) is 9.94 Å². The summed E-state index contributed by atoms with van der Waals surface area (Å²) in [6.45, 7) is 0. The minimum atomic E-state index is 0.365. The number of benzene rings is 1. The molecule has 0 fully saturated rings. The van der Waals surface area contributed by atoms with Gasteiger partial charge in [0.25, 0.3) is 0 Å². The first-order valence-electron chi connectivity index (χ1n) is 3.80. The summed E-state index contributed by atoms with van der Waals surface area (Å²) < 4.78 is 0. The predicted molar refractivity (Wildman–Crippen MR) is 53.6 cm³/mol. The smallest absolute Gasteiger partial charge is 0.177 e. The van der Waals surface area contributed by atoms with Gasteiger partial charge >= 0.3 is 0 Å². The van der Waals surface area contributed by atoms with Crippen molar-refractivity contribution in [1.29, 1.82) is 0 Å². The molecule has 0 aliphatic rings. The lowest BCUT2D eigenvalue weighted by Gasteiger charge is -2.06. The van der Waals surface area contributed by atoms with E-state index in [4.69, 9.17) is 28.0 Å². The van der Waals surface area contributed by atoms with E-state index in [0.717, 1.165) is 0 Å². The van der Waals surface area contributed by atoms with E-state index in [2.05, 4.69) is 11.2 Å². The molecular weight excluding hydrogens is 223 g/mol. The molecule has 0 spiro atoms.